The van der Waals surface area contributed by atoms with Gasteiger partial charge in [-0.2, -0.15) is 0 Å². The zero-order chi connectivity index (χ0) is 15.4. The average Bonchev–Trinajstić information content (AvgIpc) is 2.48. The number of carbonyl (C=O) groups is 2. The molecule has 0 radical (unpaired) electrons. The normalized spacial score (nSPS) is 15.8. The van der Waals surface area contributed by atoms with Gasteiger partial charge < -0.3 is 14.7 Å². The number of hydrogen-bond acceptors (Lipinski definition) is 4. The van der Waals surface area contributed by atoms with Crippen LogP contribution in [0.15, 0.2) is 18.2 Å². The van der Waals surface area contributed by atoms with Crippen LogP contribution in [-0.2, 0) is 9.53 Å². The Morgan fingerprint density at radius 2 is 2.05 bits per heavy atom. The van der Waals surface area contributed by atoms with Crippen molar-refractivity contribution in [1.82, 2.24) is 0 Å². The SMILES string of the molecule is CCOC(=O)C1CCN(c2cc(C(=O)O)ccc2F)CC1. The van der Waals surface area contributed by atoms with Gasteiger partial charge in [-0.05, 0) is 38.0 Å². The first-order chi connectivity index (χ1) is 10.0. The van der Waals surface area contributed by atoms with Gasteiger partial charge in [-0.15, -0.1) is 0 Å². The van der Waals surface area contributed by atoms with Crippen molar-refractivity contribution in [2.24, 2.45) is 5.92 Å². The molecule has 0 unspecified atom stereocenters. The maximum Gasteiger partial charge on any atom is 0.335 e. The predicted octanol–water partition coefficient (Wildman–Crippen LogP) is 2.30. The van der Waals surface area contributed by atoms with Gasteiger partial charge in [-0.1, -0.05) is 0 Å². The molecule has 2 rings (SSSR count). The molecule has 1 aliphatic heterocycles. The summed E-state index contributed by atoms with van der Waals surface area (Å²) in [4.78, 5) is 24.4. The lowest BCUT2D eigenvalue weighted by atomic mass is 9.96. The van der Waals surface area contributed by atoms with Crippen LogP contribution < -0.4 is 4.90 Å². The number of rotatable bonds is 4. The van der Waals surface area contributed by atoms with Crippen LogP contribution in [0.25, 0.3) is 0 Å². The highest BCUT2D eigenvalue weighted by molar-refractivity contribution is 5.89. The van der Waals surface area contributed by atoms with E-state index >= 15 is 0 Å². The molecule has 0 saturated carbocycles. The molecule has 21 heavy (non-hydrogen) atoms. The number of hydrogen-bond donors (Lipinski definition) is 1. The van der Waals surface area contributed by atoms with Crippen LogP contribution in [0.5, 0.6) is 0 Å². The average molecular weight is 295 g/mol. The number of nitrogens with zero attached hydrogens (tertiary/aromatic N) is 1. The summed E-state index contributed by atoms with van der Waals surface area (Å²) in [6.45, 7) is 3.13. The Kier molecular flexibility index (Phi) is 4.77. The van der Waals surface area contributed by atoms with E-state index < -0.39 is 11.8 Å². The standard InChI is InChI=1S/C15H18FNO4/c1-2-21-15(20)10-5-7-17(8-6-10)13-9-11(14(18)19)3-4-12(13)16/h3-4,9-10H,2,5-8H2,1H3,(H,18,19). The number of carbonyl (C=O) groups excluding carboxylic acids is 1. The summed E-state index contributed by atoms with van der Waals surface area (Å²) < 4.78 is 18.9. The second kappa shape index (κ2) is 6.56. The van der Waals surface area contributed by atoms with Crippen LogP contribution >= 0.6 is 0 Å². The maximum absolute atomic E-state index is 13.9. The molecule has 0 atom stereocenters. The Bertz CT molecular complexity index is 538. The molecule has 1 fully saturated rings. The van der Waals surface area contributed by atoms with E-state index in [0.717, 1.165) is 6.07 Å². The topological polar surface area (TPSA) is 66.8 Å². The molecule has 0 aliphatic carbocycles. The lowest BCUT2D eigenvalue weighted by Crippen LogP contribution is -2.37. The van der Waals surface area contributed by atoms with Crippen molar-refractivity contribution >= 4 is 17.6 Å². The first-order valence-electron chi connectivity index (χ1n) is 6.97. The highest BCUT2D eigenvalue weighted by Gasteiger charge is 2.27. The number of halogens is 1. The molecular formula is C15H18FNO4. The number of benzene rings is 1. The molecule has 114 valence electrons. The van der Waals surface area contributed by atoms with E-state index in [0.29, 0.717) is 32.5 Å². The molecule has 1 saturated heterocycles. The molecule has 0 spiro atoms. The lowest BCUT2D eigenvalue weighted by Gasteiger charge is -2.32. The Hall–Kier alpha value is -2.11. The van der Waals surface area contributed by atoms with E-state index in [1.807, 2.05) is 0 Å². The predicted molar refractivity (Wildman–Crippen MR) is 74.9 cm³/mol. The number of carboxylic acids is 1. The molecule has 1 aliphatic rings. The second-order valence-electron chi connectivity index (χ2n) is 4.98. The first-order valence-corrected chi connectivity index (χ1v) is 6.97. The van der Waals surface area contributed by atoms with Gasteiger partial charge in [0.15, 0.2) is 0 Å². The van der Waals surface area contributed by atoms with E-state index in [1.54, 1.807) is 11.8 Å². The van der Waals surface area contributed by atoms with Crippen LogP contribution in [-0.4, -0.2) is 36.7 Å². The van der Waals surface area contributed by atoms with Crippen molar-refractivity contribution in [3.05, 3.63) is 29.6 Å². The van der Waals surface area contributed by atoms with E-state index in [2.05, 4.69) is 0 Å². The Labute approximate surface area is 122 Å². The molecule has 6 heteroatoms. The van der Waals surface area contributed by atoms with Gasteiger partial charge in [0.1, 0.15) is 5.82 Å². The van der Waals surface area contributed by atoms with Crippen LogP contribution in [0.4, 0.5) is 10.1 Å². The Balaban J connectivity index is 2.07. The molecular weight excluding hydrogens is 277 g/mol. The zero-order valence-electron chi connectivity index (χ0n) is 11.8. The number of esters is 1. The lowest BCUT2D eigenvalue weighted by molar-refractivity contribution is -0.148. The summed E-state index contributed by atoms with van der Waals surface area (Å²) in [7, 11) is 0. The third-order valence-electron chi connectivity index (χ3n) is 3.65. The molecule has 1 aromatic carbocycles. The highest BCUT2D eigenvalue weighted by Crippen LogP contribution is 2.27. The van der Waals surface area contributed by atoms with Gasteiger partial charge in [0.05, 0.1) is 23.8 Å². The van der Waals surface area contributed by atoms with Crippen molar-refractivity contribution in [1.29, 1.82) is 0 Å². The van der Waals surface area contributed by atoms with E-state index in [1.165, 1.54) is 12.1 Å². The minimum atomic E-state index is -1.09. The molecule has 5 nitrogen and oxygen atoms in total. The van der Waals surface area contributed by atoms with Gasteiger partial charge in [0.2, 0.25) is 0 Å². The van der Waals surface area contributed by atoms with Crippen molar-refractivity contribution in [3.63, 3.8) is 0 Å². The number of anilines is 1. The van der Waals surface area contributed by atoms with Gasteiger partial charge in [0.25, 0.3) is 0 Å². The van der Waals surface area contributed by atoms with E-state index in [9.17, 15) is 14.0 Å². The summed E-state index contributed by atoms with van der Waals surface area (Å²) in [5.74, 6) is -1.91. The van der Waals surface area contributed by atoms with Gasteiger partial charge in [0, 0.05) is 13.1 Å². The fraction of sp³-hybridized carbons (Fsp3) is 0.467. The number of aromatic carboxylic acids is 1. The first kappa shape index (κ1) is 15.3. The largest absolute Gasteiger partial charge is 0.478 e. The molecule has 1 heterocycles. The minimum Gasteiger partial charge on any atom is -0.478 e. The van der Waals surface area contributed by atoms with E-state index in [4.69, 9.17) is 9.84 Å². The van der Waals surface area contributed by atoms with Gasteiger partial charge in [-0.3, -0.25) is 4.79 Å². The van der Waals surface area contributed by atoms with Gasteiger partial charge in [-0.25, -0.2) is 9.18 Å². The van der Waals surface area contributed by atoms with Crippen molar-refractivity contribution in [2.45, 2.75) is 19.8 Å². The third-order valence-corrected chi connectivity index (χ3v) is 3.65. The smallest absolute Gasteiger partial charge is 0.335 e. The summed E-state index contributed by atoms with van der Waals surface area (Å²) in [6.07, 6.45) is 1.16. The van der Waals surface area contributed by atoms with Crippen molar-refractivity contribution in [3.8, 4) is 0 Å². The van der Waals surface area contributed by atoms with Crippen LogP contribution in [0, 0.1) is 11.7 Å². The summed E-state index contributed by atoms with van der Waals surface area (Å²) >= 11 is 0. The maximum atomic E-state index is 13.9. The summed E-state index contributed by atoms with van der Waals surface area (Å²) in [6, 6.07) is 3.74. The molecule has 1 N–H and O–H groups in total. The molecule has 1 aromatic rings. The number of ether oxygens (including phenoxy) is 1. The van der Waals surface area contributed by atoms with Crippen molar-refractivity contribution in [2.75, 3.05) is 24.6 Å². The second-order valence-corrected chi connectivity index (χ2v) is 4.98. The zero-order valence-corrected chi connectivity index (χ0v) is 11.8. The van der Waals surface area contributed by atoms with Crippen LogP contribution in [0.3, 0.4) is 0 Å². The fourth-order valence-corrected chi connectivity index (χ4v) is 2.50. The number of carboxylic acid groups (broad SMARTS) is 1. The molecule has 0 bridgehead atoms. The quantitative estimate of drug-likeness (QED) is 0.863. The monoisotopic (exact) mass is 295 g/mol. The minimum absolute atomic E-state index is 0.0546. The van der Waals surface area contributed by atoms with Crippen LogP contribution in [0.1, 0.15) is 30.1 Å². The fourth-order valence-electron chi connectivity index (χ4n) is 2.50. The van der Waals surface area contributed by atoms with Gasteiger partial charge >= 0.3 is 11.9 Å². The molecule has 0 amide bonds. The third kappa shape index (κ3) is 3.51. The highest BCUT2D eigenvalue weighted by atomic mass is 19.1. The van der Waals surface area contributed by atoms with Crippen molar-refractivity contribution < 1.29 is 23.8 Å². The summed E-state index contributed by atoms with van der Waals surface area (Å²) in [5, 5.41) is 8.97. The Morgan fingerprint density at radius 1 is 1.38 bits per heavy atom. The summed E-state index contributed by atoms with van der Waals surface area (Å²) in [5.41, 5.74) is 0.330. The van der Waals surface area contributed by atoms with E-state index in [-0.39, 0.29) is 23.1 Å². The Morgan fingerprint density at radius 3 is 2.62 bits per heavy atom. The van der Waals surface area contributed by atoms with Crippen LogP contribution in [0.2, 0.25) is 0 Å². The number of piperidine rings is 1. The molecule has 0 aromatic heterocycles.